The number of hydrogen-bond acceptors (Lipinski definition) is 4. The van der Waals surface area contributed by atoms with Crippen LogP contribution in [0.3, 0.4) is 0 Å². The van der Waals surface area contributed by atoms with Crippen molar-refractivity contribution in [2.45, 2.75) is 24.9 Å². The lowest BCUT2D eigenvalue weighted by atomic mass is 10.0. The van der Waals surface area contributed by atoms with Crippen molar-refractivity contribution in [3.63, 3.8) is 0 Å². The number of benzene rings is 1. The van der Waals surface area contributed by atoms with Crippen molar-refractivity contribution in [2.24, 2.45) is 0 Å². The maximum atomic E-state index is 5.53. The van der Waals surface area contributed by atoms with Crippen LogP contribution >= 0.6 is 0 Å². The second-order valence-electron chi connectivity index (χ2n) is 4.88. The Morgan fingerprint density at radius 1 is 1.33 bits per heavy atom. The fraction of sp³-hybridized carbons (Fsp3) is 0.357. The third kappa shape index (κ3) is 2.11. The van der Waals surface area contributed by atoms with Crippen molar-refractivity contribution in [3.05, 3.63) is 35.9 Å². The molecule has 0 saturated heterocycles. The predicted octanol–water partition coefficient (Wildman–Crippen LogP) is 2.65. The standard InChI is InChI=1S/C14H16N2O2/c1-17-14(6-7-14)9-10-2-4-11(5-3-10)12-8-13(15)18-16-12/h2-5,8H,6-7,9,15H2,1H3. The van der Waals surface area contributed by atoms with Gasteiger partial charge in [-0.05, 0) is 18.4 Å². The van der Waals surface area contributed by atoms with Crippen molar-refractivity contribution in [2.75, 3.05) is 12.8 Å². The molecule has 0 unspecified atom stereocenters. The van der Waals surface area contributed by atoms with E-state index in [4.69, 9.17) is 15.0 Å². The second-order valence-corrected chi connectivity index (χ2v) is 4.88. The van der Waals surface area contributed by atoms with Crippen molar-refractivity contribution in [1.82, 2.24) is 5.16 Å². The van der Waals surface area contributed by atoms with Crippen molar-refractivity contribution in [1.29, 1.82) is 0 Å². The van der Waals surface area contributed by atoms with E-state index >= 15 is 0 Å². The Hall–Kier alpha value is -1.81. The van der Waals surface area contributed by atoms with Crippen LogP contribution in [-0.2, 0) is 11.2 Å². The first kappa shape index (κ1) is 11.3. The summed E-state index contributed by atoms with van der Waals surface area (Å²) < 4.78 is 10.4. The predicted molar refractivity (Wildman–Crippen MR) is 69.0 cm³/mol. The fourth-order valence-electron chi connectivity index (χ4n) is 2.18. The van der Waals surface area contributed by atoms with Gasteiger partial charge in [-0.2, -0.15) is 0 Å². The number of hydrogen-bond donors (Lipinski definition) is 1. The first-order chi connectivity index (χ1) is 8.71. The maximum absolute atomic E-state index is 5.53. The van der Waals surface area contributed by atoms with E-state index in [9.17, 15) is 0 Å². The summed E-state index contributed by atoms with van der Waals surface area (Å²) in [5, 5.41) is 3.89. The van der Waals surface area contributed by atoms with Crippen LogP contribution in [0.2, 0.25) is 0 Å². The van der Waals surface area contributed by atoms with Gasteiger partial charge < -0.3 is 15.0 Å². The topological polar surface area (TPSA) is 61.3 Å². The summed E-state index contributed by atoms with van der Waals surface area (Å²) >= 11 is 0. The molecular formula is C14H16N2O2. The number of anilines is 1. The number of nitrogens with two attached hydrogens (primary N) is 1. The average Bonchev–Trinajstić information content (AvgIpc) is 3.03. The number of rotatable bonds is 4. The Kier molecular flexibility index (Phi) is 2.59. The zero-order chi connectivity index (χ0) is 12.6. The number of ether oxygens (including phenoxy) is 1. The van der Waals surface area contributed by atoms with Crippen LogP contribution in [0.5, 0.6) is 0 Å². The van der Waals surface area contributed by atoms with Gasteiger partial charge in [0.25, 0.3) is 0 Å². The molecule has 0 spiro atoms. The molecule has 1 aromatic heterocycles. The summed E-state index contributed by atoms with van der Waals surface area (Å²) in [4.78, 5) is 0. The first-order valence-electron chi connectivity index (χ1n) is 6.07. The molecule has 1 saturated carbocycles. The molecular weight excluding hydrogens is 228 g/mol. The van der Waals surface area contributed by atoms with Crippen LogP contribution in [-0.4, -0.2) is 17.9 Å². The molecule has 1 aromatic carbocycles. The Morgan fingerprint density at radius 3 is 2.56 bits per heavy atom. The van der Waals surface area contributed by atoms with E-state index in [1.165, 1.54) is 5.56 Å². The summed E-state index contributed by atoms with van der Waals surface area (Å²) in [6.45, 7) is 0. The third-order valence-electron chi connectivity index (χ3n) is 3.55. The van der Waals surface area contributed by atoms with Gasteiger partial charge in [0.2, 0.25) is 5.88 Å². The molecule has 0 atom stereocenters. The summed E-state index contributed by atoms with van der Waals surface area (Å²) in [6, 6.07) is 10.0. The molecule has 4 heteroatoms. The van der Waals surface area contributed by atoms with Crippen LogP contribution in [0.4, 0.5) is 5.88 Å². The van der Waals surface area contributed by atoms with Crippen LogP contribution in [0.25, 0.3) is 11.3 Å². The van der Waals surface area contributed by atoms with Gasteiger partial charge in [-0.25, -0.2) is 0 Å². The Bertz CT molecular complexity index is 541. The van der Waals surface area contributed by atoms with Crippen LogP contribution in [0, 0.1) is 0 Å². The zero-order valence-corrected chi connectivity index (χ0v) is 10.3. The SMILES string of the molecule is COC1(Cc2ccc(-c3cc(N)on3)cc2)CC1. The molecule has 2 aromatic rings. The highest BCUT2D eigenvalue weighted by Crippen LogP contribution is 2.41. The van der Waals surface area contributed by atoms with Gasteiger partial charge in [0.15, 0.2) is 0 Å². The van der Waals surface area contributed by atoms with E-state index in [0.29, 0.717) is 5.88 Å². The molecule has 2 N–H and O–H groups in total. The molecule has 1 heterocycles. The van der Waals surface area contributed by atoms with Gasteiger partial charge in [0, 0.05) is 25.2 Å². The molecule has 94 valence electrons. The van der Waals surface area contributed by atoms with Gasteiger partial charge in [0.1, 0.15) is 5.69 Å². The molecule has 3 rings (SSSR count). The highest BCUT2D eigenvalue weighted by Gasteiger charge is 2.42. The first-order valence-corrected chi connectivity index (χ1v) is 6.07. The molecule has 1 aliphatic rings. The van der Waals surface area contributed by atoms with E-state index in [-0.39, 0.29) is 5.60 Å². The highest BCUT2D eigenvalue weighted by molar-refractivity contribution is 5.61. The normalized spacial score (nSPS) is 16.7. The molecule has 0 radical (unpaired) electrons. The molecule has 1 fully saturated rings. The highest BCUT2D eigenvalue weighted by atomic mass is 16.5. The lowest BCUT2D eigenvalue weighted by molar-refractivity contribution is 0.0807. The minimum absolute atomic E-state index is 0.0971. The average molecular weight is 244 g/mol. The lowest BCUT2D eigenvalue weighted by Gasteiger charge is -2.12. The number of methoxy groups -OCH3 is 1. The number of nitrogen functional groups attached to an aromatic ring is 1. The molecule has 0 bridgehead atoms. The Balaban J connectivity index is 1.77. The molecule has 0 amide bonds. The smallest absolute Gasteiger partial charge is 0.222 e. The minimum atomic E-state index is 0.0971. The largest absolute Gasteiger partial charge is 0.378 e. The van der Waals surface area contributed by atoms with Crippen LogP contribution in [0.1, 0.15) is 18.4 Å². The summed E-state index contributed by atoms with van der Waals surface area (Å²) in [7, 11) is 1.79. The molecule has 1 aliphatic carbocycles. The quantitative estimate of drug-likeness (QED) is 0.898. The lowest BCUT2D eigenvalue weighted by Crippen LogP contribution is -2.14. The third-order valence-corrected chi connectivity index (χ3v) is 3.55. The fourth-order valence-corrected chi connectivity index (χ4v) is 2.18. The summed E-state index contributed by atoms with van der Waals surface area (Å²) in [5.74, 6) is 0.338. The molecule has 18 heavy (non-hydrogen) atoms. The van der Waals surface area contributed by atoms with Crippen molar-refractivity contribution < 1.29 is 9.26 Å². The van der Waals surface area contributed by atoms with Crippen molar-refractivity contribution in [3.8, 4) is 11.3 Å². The van der Waals surface area contributed by atoms with E-state index in [0.717, 1.165) is 30.5 Å². The second kappa shape index (κ2) is 4.14. The van der Waals surface area contributed by atoms with Crippen molar-refractivity contribution >= 4 is 5.88 Å². The van der Waals surface area contributed by atoms with E-state index in [2.05, 4.69) is 17.3 Å². The van der Waals surface area contributed by atoms with Gasteiger partial charge in [-0.15, -0.1) is 0 Å². The monoisotopic (exact) mass is 244 g/mol. The summed E-state index contributed by atoms with van der Waals surface area (Å²) in [6.07, 6.45) is 3.29. The Labute approximate surface area is 106 Å². The maximum Gasteiger partial charge on any atom is 0.222 e. The van der Waals surface area contributed by atoms with E-state index < -0.39 is 0 Å². The van der Waals surface area contributed by atoms with Gasteiger partial charge in [-0.3, -0.25) is 0 Å². The minimum Gasteiger partial charge on any atom is -0.378 e. The van der Waals surface area contributed by atoms with Gasteiger partial charge >= 0.3 is 0 Å². The zero-order valence-electron chi connectivity index (χ0n) is 10.3. The number of nitrogens with zero attached hydrogens (tertiary/aromatic N) is 1. The van der Waals surface area contributed by atoms with Gasteiger partial charge in [0.05, 0.1) is 5.60 Å². The number of aromatic nitrogens is 1. The molecule has 0 aliphatic heterocycles. The van der Waals surface area contributed by atoms with Gasteiger partial charge in [-0.1, -0.05) is 29.4 Å². The van der Waals surface area contributed by atoms with Crippen LogP contribution in [0.15, 0.2) is 34.9 Å². The Morgan fingerprint density at radius 2 is 2.06 bits per heavy atom. The molecule has 4 nitrogen and oxygen atoms in total. The van der Waals surface area contributed by atoms with E-state index in [1.54, 1.807) is 13.2 Å². The summed E-state index contributed by atoms with van der Waals surface area (Å²) in [5.41, 5.74) is 8.68. The van der Waals surface area contributed by atoms with Crippen LogP contribution < -0.4 is 5.73 Å². The van der Waals surface area contributed by atoms with E-state index in [1.807, 2.05) is 12.1 Å².